The molecular weight excluding hydrogens is 454 g/mol. The Bertz CT molecular complexity index is 901. The molecule has 0 aromatic rings. The van der Waals surface area contributed by atoms with E-state index in [0.717, 1.165) is 19.5 Å². The third-order valence-electron chi connectivity index (χ3n) is 7.90. The molecule has 0 bridgehead atoms. The second-order valence-corrected chi connectivity index (χ2v) is 10.00. The van der Waals surface area contributed by atoms with Crippen LogP contribution in [0, 0.1) is 11.8 Å². The highest BCUT2D eigenvalue weighted by atomic mass is 16.6. The van der Waals surface area contributed by atoms with Crippen molar-refractivity contribution in [2.75, 3.05) is 59.2 Å². The number of fused-ring (bicyclic) bond motifs is 2. The summed E-state index contributed by atoms with van der Waals surface area (Å²) < 4.78 is 17.5. The zero-order valence-electron chi connectivity index (χ0n) is 20.2. The second-order valence-electron chi connectivity index (χ2n) is 10.00. The van der Waals surface area contributed by atoms with Crippen LogP contribution in [0.3, 0.4) is 0 Å². The van der Waals surface area contributed by atoms with Crippen LogP contribution >= 0.6 is 0 Å². The number of hydrogen-bond donors (Lipinski definition) is 1. The summed E-state index contributed by atoms with van der Waals surface area (Å²) in [4.78, 5) is 46.5. The lowest BCUT2D eigenvalue weighted by Gasteiger charge is -2.38. The van der Waals surface area contributed by atoms with E-state index >= 15 is 0 Å². The van der Waals surface area contributed by atoms with Gasteiger partial charge in [0.2, 0.25) is 11.8 Å². The molecule has 0 saturated carbocycles. The maximum Gasteiger partial charge on any atom is 0.312 e. The van der Waals surface area contributed by atoms with E-state index in [1.165, 1.54) is 4.90 Å². The number of rotatable bonds is 5. The Morgan fingerprint density at radius 3 is 2.69 bits per heavy atom. The molecule has 2 amide bonds. The lowest BCUT2D eigenvalue weighted by molar-refractivity contribution is -0.156. The van der Waals surface area contributed by atoms with E-state index in [2.05, 4.69) is 4.90 Å². The molecule has 35 heavy (non-hydrogen) atoms. The smallest absolute Gasteiger partial charge is 0.312 e. The summed E-state index contributed by atoms with van der Waals surface area (Å²) in [6.07, 6.45) is 8.29. The average Bonchev–Trinajstić information content (AvgIpc) is 3.29. The number of hydrogen-bond acceptors (Lipinski definition) is 8. The summed E-state index contributed by atoms with van der Waals surface area (Å²) in [5.41, 5.74) is -1.29. The zero-order valence-corrected chi connectivity index (χ0v) is 20.2. The van der Waals surface area contributed by atoms with Gasteiger partial charge in [0.25, 0.3) is 0 Å². The number of carbonyl (C=O) groups is 3. The van der Waals surface area contributed by atoms with Crippen molar-refractivity contribution in [1.29, 1.82) is 0 Å². The molecule has 10 nitrogen and oxygen atoms in total. The molecular formula is C25H35N3O7. The number of amides is 2. The van der Waals surface area contributed by atoms with Gasteiger partial charge in [-0.15, -0.1) is 0 Å². The van der Waals surface area contributed by atoms with Crippen LogP contribution in [0.5, 0.6) is 0 Å². The Kier molecular flexibility index (Phi) is 6.98. The van der Waals surface area contributed by atoms with Crippen molar-refractivity contribution in [3.63, 3.8) is 0 Å². The van der Waals surface area contributed by atoms with Crippen LogP contribution in [0.1, 0.15) is 19.8 Å². The quantitative estimate of drug-likeness (QED) is 0.410. The van der Waals surface area contributed by atoms with Crippen LogP contribution in [0.25, 0.3) is 0 Å². The van der Waals surface area contributed by atoms with Gasteiger partial charge in [-0.25, -0.2) is 0 Å². The third-order valence-corrected chi connectivity index (χ3v) is 7.90. The van der Waals surface area contributed by atoms with E-state index in [-0.39, 0.29) is 25.0 Å². The first kappa shape index (κ1) is 24.4. The molecule has 0 aliphatic carbocycles. The standard InChI is InChI=1S/C25H35N3O7/c1-17(16-29)28-21-23(31)27(10-9-26-11-14-33-15-12-26)8-5-7-25(21)20(22(28)30)19-18(35-25)6-3-2-4-13-34-24(19)32/h3,5-7,17-21,29H,2,4,8-16H2,1H3/b6-3-/t17-,18+,19-,20+,21?,25+/m1/s1. The van der Waals surface area contributed by atoms with Gasteiger partial charge in [-0.05, 0) is 19.8 Å². The minimum Gasteiger partial charge on any atom is -0.465 e. The summed E-state index contributed by atoms with van der Waals surface area (Å²) >= 11 is 0. The second kappa shape index (κ2) is 10.0. The fourth-order valence-corrected chi connectivity index (χ4v) is 6.09. The summed E-state index contributed by atoms with van der Waals surface area (Å²) in [5, 5.41) is 9.97. The molecule has 192 valence electrons. The van der Waals surface area contributed by atoms with Gasteiger partial charge in [-0.1, -0.05) is 24.3 Å². The molecule has 5 aliphatic heterocycles. The first-order valence-corrected chi connectivity index (χ1v) is 12.7. The summed E-state index contributed by atoms with van der Waals surface area (Å²) in [7, 11) is 0. The number of likely N-dealkylation sites (tertiary alicyclic amines) is 1. The normalized spacial score (nSPS) is 37.5. The molecule has 3 fully saturated rings. The SMILES string of the molecule is C[C@H](CO)N1C(=O)[C@@H]2[C@@H]3C(=O)OCCC/C=C\[C@@H]3O[C@@]23C=CCN(CCN2CCOCC2)C(=O)C13. The van der Waals surface area contributed by atoms with E-state index < -0.39 is 41.6 Å². The zero-order chi connectivity index (χ0) is 24.6. The van der Waals surface area contributed by atoms with Crippen molar-refractivity contribution in [1.82, 2.24) is 14.7 Å². The third kappa shape index (κ3) is 4.20. The molecule has 1 unspecified atom stereocenters. The van der Waals surface area contributed by atoms with Crippen LogP contribution in [0.15, 0.2) is 24.3 Å². The Labute approximate surface area is 205 Å². The van der Waals surface area contributed by atoms with E-state index in [0.29, 0.717) is 39.3 Å². The van der Waals surface area contributed by atoms with Gasteiger partial charge in [-0.2, -0.15) is 0 Å². The molecule has 5 aliphatic rings. The van der Waals surface area contributed by atoms with Crippen LogP contribution in [0.4, 0.5) is 0 Å². The Morgan fingerprint density at radius 2 is 1.91 bits per heavy atom. The van der Waals surface area contributed by atoms with Crippen LogP contribution in [-0.4, -0.2) is 121 Å². The largest absolute Gasteiger partial charge is 0.465 e. The molecule has 1 spiro atoms. The minimum absolute atomic E-state index is 0.219. The monoisotopic (exact) mass is 489 g/mol. The van der Waals surface area contributed by atoms with E-state index in [1.807, 2.05) is 24.3 Å². The van der Waals surface area contributed by atoms with Crippen molar-refractivity contribution >= 4 is 17.8 Å². The van der Waals surface area contributed by atoms with Crippen LogP contribution in [0.2, 0.25) is 0 Å². The Balaban J connectivity index is 1.49. The molecule has 0 aromatic heterocycles. The number of nitrogens with zero attached hydrogens (tertiary/aromatic N) is 3. The number of ether oxygens (including phenoxy) is 3. The van der Waals surface area contributed by atoms with Gasteiger partial charge in [0.1, 0.15) is 17.6 Å². The molecule has 5 heterocycles. The lowest BCUT2D eigenvalue weighted by atomic mass is 9.78. The number of cyclic esters (lactones) is 1. The van der Waals surface area contributed by atoms with Gasteiger partial charge < -0.3 is 29.1 Å². The molecule has 5 rings (SSSR count). The highest BCUT2D eigenvalue weighted by molar-refractivity contribution is 5.99. The van der Waals surface area contributed by atoms with E-state index in [9.17, 15) is 19.5 Å². The van der Waals surface area contributed by atoms with Gasteiger partial charge in [0.05, 0.1) is 44.5 Å². The van der Waals surface area contributed by atoms with Gasteiger partial charge in [0, 0.05) is 32.7 Å². The van der Waals surface area contributed by atoms with E-state index in [1.54, 1.807) is 11.8 Å². The van der Waals surface area contributed by atoms with E-state index in [4.69, 9.17) is 14.2 Å². The van der Waals surface area contributed by atoms with Crippen molar-refractivity contribution in [2.24, 2.45) is 11.8 Å². The Hall–Kier alpha value is -2.27. The van der Waals surface area contributed by atoms with Gasteiger partial charge in [0.15, 0.2) is 0 Å². The summed E-state index contributed by atoms with van der Waals surface area (Å²) in [6, 6.07) is -1.56. The maximum atomic E-state index is 14.0. The number of morpholine rings is 1. The average molecular weight is 490 g/mol. The molecule has 3 saturated heterocycles. The van der Waals surface area contributed by atoms with Crippen molar-refractivity contribution < 1.29 is 33.7 Å². The first-order chi connectivity index (χ1) is 17.0. The highest BCUT2D eigenvalue weighted by Crippen LogP contribution is 2.53. The minimum atomic E-state index is -1.29. The van der Waals surface area contributed by atoms with Gasteiger partial charge in [-0.3, -0.25) is 19.3 Å². The van der Waals surface area contributed by atoms with Crippen molar-refractivity contribution in [3.8, 4) is 0 Å². The molecule has 10 heteroatoms. The predicted molar refractivity (Wildman–Crippen MR) is 124 cm³/mol. The fraction of sp³-hybridized carbons (Fsp3) is 0.720. The predicted octanol–water partition coefficient (Wildman–Crippen LogP) is -0.428. The van der Waals surface area contributed by atoms with Gasteiger partial charge >= 0.3 is 5.97 Å². The summed E-state index contributed by atoms with van der Waals surface area (Å²) in [5.74, 6) is -2.76. The number of aliphatic hydroxyl groups excluding tert-OH is 1. The topological polar surface area (TPSA) is 109 Å². The number of aliphatic hydroxyl groups is 1. The number of allylic oxidation sites excluding steroid dienone is 1. The summed E-state index contributed by atoms with van der Waals surface area (Å²) in [6.45, 7) is 6.30. The Morgan fingerprint density at radius 1 is 1.11 bits per heavy atom. The fourth-order valence-electron chi connectivity index (χ4n) is 6.09. The molecule has 0 aromatic carbocycles. The molecule has 0 radical (unpaired) electrons. The number of carbonyl (C=O) groups excluding carboxylic acids is 3. The van der Waals surface area contributed by atoms with Crippen molar-refractivity contribution in [2.45, 2.75) is 43.6 Å². The van der Waals surface area contributed by atoms with Crippen LogP contribution in [-0.2, 0) is 28.6 Å². The lowest BCUT2D eigenvalue weighted by Crippen LogP contribution is -2.58. The highest BCUT2D eigenvalue weighted by Gasteiger charge is 2.72. The first-order valence-electron chi connectivity index (χ1n) is 12.7. The maximum absolute atomic E-state index is 14.0. The number of esters is 1. The molecule has 1 N–H and O–H groups in total. The van der Waals surface area contributed by atoms with Crippen LogP contribution < -0.4 is 0 Å². The van der Waals surface area contributed by atoms with Crippen molar-refractivity contribution in [3.05, 3.63) is 24.3 Å². The molecule has 6 atom stereocenters.